The number of thiophene rings is 1. The van der Waals surface area contributed by atoms with Gasteiger partial charge in [0.05, 0.1) is 10.6 Å². The Morgan fingerprint density at radius 2 is 1.94 bits per heavy atom. The predicted molar refractivity (Wildman–Crippen MR) is 70.1 cm³/mol. The zero-order valence-corrected chi connectivity index (χ0v) is 9.96. The molecule has 0 aliphatic rings. The van der Waals surface area contributed by atoms with Crippen molar-refractivity contribution in [3.63, 3.8) is 0 Å². The zero-order chi connectivity index (χ0) is 10.1. The maximum absolute atomic E-state index is 4.27. The van der Waals surface area contributed by atoms with E-state index in [2.05, 4.69) is 39.6 Å². The molecule has 0 fully saturated rings. The average molecular weight is 249 g/mol. The molecule has 0 atom stereocenters. The van der Waals surface area contributed by atoms with E-state index in [-0.39, 0.29) is 12.4 Å². The summed E-state index contributed by atoms with van der Waals surface area (Å²) < 4.78 is 0. The van der Waals surface area contributed by atoms with Crippen LogP contribution in [0, 0.1) is 0 Å². The molecule has 80 valence electrons. The molecule has 4 heteroatoms. The van der Waals surface area contributed by atoms with Crippen LogP contribution < -0.4 is 0 Å². The summed E-state index contributed by atoms with van der Waals surface area (Å²) >= 11 is 1.73. The minimum absolute atomic E-state index is 0. The lowest BCUT2D eigenvalue weighted by molar-refractivity contribution is 1.18. The lowest BCUT2D eigenvalue weighted by Gasteiger charge is -1.96. The third-order valence-electron chi connectivity index (χ3n) is 2.32. The minimum atomic E-state index is 0. The fourth-order valence-electron chi connectivity index (χ4n) is 1.62. The molecule has 0 aliphatic carbocycles. The Hall–Kier alpha value is -1.45. The van der Waals surface area contributed by atoms with E-state index >= 15 is 0 Å². The molecule has 0 spiro atoms. The summed E-state index contributed by atoms with van der Waals surface area (Å²) in [6, 6.07) is 10.3. The third-order valence-corrected chi connectivity index (χ3v) is 3.36. The first-order valence-electron chi connectivity index (χ1n) is 4.68. The van der Waals surface area contributed by atoms with Gasteiger partial charge in [-0.05, 0) is 16.8 Å². The quantitative estimate of drug-likeness (QED) is 0.655. The van der Waals surface area contributed by atoms with E-state index in [9.17, 15) is 0 Å². The molecule has 2 heterocycles. The van der Waals surface area contributed by atoms with E-state index in [1.807, 2.05) is 6.07 Å². The van der Waals surface area contributed by atoms with E-state index in [0.717, 1.165) is 5.69 Å². The van der Waals surface area contributed by atoms with Crippen molar-refractivity contribution in [2.45, 2.75) is 0 Å². The summed E-state index contributed by atoms with van der Waals surface area (Å²) in [6.07, 6.45) is 3.36. The normalized spacial score (nSPS) is 10.0. The molecule has 0 saturated carbocycles. The van der Waals surface area contributed by atoms with Crippen molar-refractivity contribution in [2.24, 2.45) is 0 Å². The van der Waals surface area contributed by atoms with Gasteiger partial charge in [0.25, 0.3) is 0 Å². The second-order valence-electron chi connectivity index (χ2n) is 3.25. The number of rotatable bonds is 1. The molecule has 0 radical (unpaired) electrons. The van der Waals surface area contributed by atoms with Gasteiger partial charge < -0.3 is 0 Å². The Labute approximate surface area is 103 Å². The Bertz CT molecular complexity index is 592. The highest BCUT2D eigenvalue weighted by Gasteiger charge is 2.05. The van der Waals surface area contributed by atoms with E-state index in [4.69, 9.17) is 0 Å². The highest BCUT2D eigenvalue weighted by molar-refractivity contribution is 7.15. The minimum Gasteiger partial charge on any atom is -0.245 e. The molecule has 16 heavy (non-hydrogen) atoms. The summed E-state index contributed by atoms with van der Waals surface area (Å²) in [4.78, 5) is 9.42. The van der Waals surface area contributed by atoms with E-state index in [1.165, 1.54) is 15.6 Å². The van der Waals surface area contributed by atoms with E-state index in [1.54, 1.807) is 23.9 Å². The highest BCUT2D eigenvalue weighted by Crippen LogP contribution is 2.32. The van der Waals surface area contributed by atoms with Gasteiger partial charge >= 0.3 is 0 Å². The van der Waals surface area contributed by atoms with Crippen LogP contribution in [0.3, 0.4) is 0 Å². The molecule has 0 amide bonds. The molecule has 1 aromatic carbocycles. The Kier molecular flexibility index (Phi) is 3.17. The maximum Gasteiger partial charge on any atom is 0.116 e. The number of hydrogen-bond acceptors (Lipinski definition) is 3. The second kappa shape index (κ2) is 4.60. The summed E-state index contributed by atoms with van der Waals surface area (Å²) in [5, 5.41) is 4.70. The smallest absolute Gasteiger partial charge is 0.116 e. The fraction of sp³-hybridized carbons (Fsp3) is 0. The van der Waals surface area contributed by atoms with Crippen LogP contribution in [-0.2, 0) is 0 Å². The number of benzene rings is 1. The Morgan fingerprint density at radius 3 is 2.75 bits per heavy atom. The second-order valence-corrected chi connectivity index (χ2v) is 4.13. The lowest BCUT2D eigenvalue weighted by atomic mass is 10.1. The summed E-state index contributed by atoms with van der Waals surface area (Å²) in [5.41, 5.74) is 0.996. The van der Waals surface area contributed by atoms with Gasteiger partial charge in [-0.25, -0.2) is 9.97 Å². The topological polar surface area (TPSA) is 25.8 Å². The van der Waals surface area contributed by atoms with Crippen LogP contribution in [0.2, 0.25) is 0 Å². The first-order valence-corrected chi connectivity index (χ1v) is 5.56. The highest BCUT2D eigenvalue weighted by atomic mass is 35.5. The van der Waals surface area contributed by atoms with Crippen LogP contribution >= 0.6 is 23.7 Å². The largest absolute Gasteiger partial charge is 0.245 e. The third kappa shape index (κ3) is 1.79. The van der Waals surface area contributed by atoms with Crippen LogP contribution in [0.15, 0.2) is 48.2 Å². The SMILES string of the molecule is Cl.c1ccc2c(-c3ccncn3)scc2c1. The first-order chi connectivity index (χ1) is 7.45. The van der Waals surface area contributed by atoms with Gasteiger partial charge in [0, 0.05) is 11.6 Å². The van der Waals surface area contributed by atoms with Crippen molar-refractivity contribution in [1.82, 2.24) is 9.97 Å². The average Bonchev–Trinajstić information content (AvgIpc) is 2.74. The monoisotopic (exact) mass is 248 g/mol. The fourth-order valence-corrected chi connectivity index (χ4v) is 2.62. The van der Waals surface area contributed by atoms with Crippen molar-refractivity contribution in [1.29, 1.82) is 0 Å². The van der Waals surface area contributed by atoms with Crippen molar-refractivity contribution in [3.8, 4) is 10.6 Å². The molecule has 0 unspecified atom stereocenters. The zero-order valence-electron chi connectivity index (χ0n) is 8.33. The van der Waals surface area contributed by atoms with Gasteiger partial charge in [-0.2, -0.15) is 0 Å². The van der Waals surface area contributed by atoms with Gasteiger partial charge in [-0.1, -0.05) is 24.3 Å². The molecular formula is C12H9ClN2S. The number of fused-ring (bicyclic) bond motifs is 1. The summed E-state index contributed by atoms with van der Waals surface area (Å²) in [6.45, 7) is 0. The number of hydrogen-bond donors (Lipinski definition) is 0. The van der Waals surface area contributed by atoms with E-state index < -0.39 is 0 Å². The van der Waals surface area contributed by atoms with E-state index in [0.29, 0.717) is 0 Å². The van der Waals surface area contributed by atoms with Gasteiger partial charge in [-0.3, -0.25) is 0 Å². The van der Waals surface area contributed by atoms with Crippen LogP contribution in [0.5, 0.6) is 0 Å². The number of nitrogens with zero attached hydrogens (tertiary/aromatic N) is 2. The molecule has 3 rings (SSSR count). The predicted octanol–water partition coefficient (Wildman–Crippen LogP) is 3.78. The standard InChI is InChI=1S/C12H8N2S.ClH/c1-2-4-10-9(3-1)7-15-12(10)11-5-6-13-8-14-11;/h1-8H;1H. The Morgan fingerprint density at radius 1 is 1.06 bits per heavy atom. The van der Waals surface area contributed by atoms with Crippen LogP contribution in [0.25, 0.3) is 21.3 Å². The summed E-state index contributed by atoms with van der Waals surface area (Å²) in [7, 11) is 0. The van der Waals surface area contributed by atoms with Crippen molar-refractivity contribution < 1.29 is 0 Å². The van der Waals surface area contributed by atoms with Gasteiger partial charge in [0.1, 0.15) is 6.33 Å². The lowest BCUT2D eigenvalue weighted by Crippen LogP contribution is -1.80. The van der Waals surface area contributed by atoms with Crippen molar-refractivity contribution in [2.75, 3.05) is 0 Å². The van der Waals surface area contributed by atoms with Gasteiger partial charge in [-0.15, -0.1) is 23.7 Å². The van der Waals surface area contributed by atoms with Crippen molar-refractivity contribution >= 4 is 34.5 Å². The molecule has 3 aromatic rings. The van der Waals surface area contributed by atoms with Crippen molar-refractivity contribution in [3.05, 3.63) is 48.2 Å². The molecule has 0 bridgehead atoms. The first kappa shape index (κ1) is 11.0. The summed E-state index contributed by atoms with van der Waals surface area (Å²) in [5.74, 6) is 0. The van der Waals surface area contributed by atoms with Gasteiger partial charge in [0.2, 0.25) is 0 Å². The molecule has 0 aliphatic heterocycles. The molecule has 2 nitrogen and oxygen atoms in total. The van der Waals surface area contributed by atoms with Crippen LogP contribution in [-0.4, -0.2) is 9.97 Å². The molecule has 0 N–H and O–H groups in total. The Balaban J connectivity index is 0.000000963. The van der Waals surface area contributed by atoms with Gasteiger partial charge in [0.15, 0.2) is 0 Å². The molecule has 2 aromatic heterocycles. The number of halogens is 1. The van der Waals surface area contributed by atoms with Crippen LogP contribution in [0.1, 0.15) is 0 Å². The van der Waals surface area contributed by atoms with Crippen LogP contribution in [0.4, 0.5) is 0 Å². The number of aromatic nitrogens is 2. The molecule has 0 saturated heterocycles. The maximum atomic E-state index is 4.27. The molecular weight excluding hydrogens is 240 g/mol.